The quantitative estimate of drug-likeness (QED) is 0.551. The number of nitrogens with two attached hydrogens (primary N) is 1. The maximum absolute atomic E-state index is 11.0. The van der Waals surface area contributed by atoms with Crippen molar-refractivity contribution < 1.29 is 13.2 Å². The van der Waals surface area contributed by atoms with Crippen molar-refractivity contribution >= 4 is 15.7 Å². The van der Waals surface area contributed by atoms with Gasteiger partial charge in [-0.2, -0.15) is 0 Å². The number of anilines is 1. The highest BCUT2D eigenvalue weighted by molar-refractivity contribution is 7.89. The molecule has 1 rings (SSSR count). The van der Waals surface area contributed by atoms with E-state index in [0.717, 1.165) is 12.1 Å². The number of sulfonamides is 1. The average molecular weight is 270 g/mol. The zero-order chi connectivity index (χ0) is 13.4. The molecule has 3 N–H and O–H groups in total. The van der Waals surface area contributed by atoms with Crippen molar-refractivity contribution in [2.75, 3.05) is 25.1 Å². The minimum Gasteiger partial charge on any atom is -0.383 e. The highest BCUT2D eigenvalue weighted by Crippen LogP contribution is 2.12. The van der Waals surface area contributed by atoms with E-state index in [1.54, 1.807) is 18.2 Å². The summed E-state index contributed by atoms with van der Waals surface area (Å²) in [6.07, 6.45) is 2.64. The van der Waals surface area contributed by atoms with Gasteiger partial charge in [0.15, 0.2) is 0 Å². The summed E-state index contributed by atoms with van der Waals surface area (Å²) in [6.45, 7) is 5.51. The van der Waals surface area contributed by atoms with Gasteiger partial charge in [-0.3, -0.25) is 0 Å². The number of hydrogen-bond acceptors (Lipinski definition) is 4. The SMILES string of the molecule is C=CCCOCCNc1ccc(S(N)(=O)=O)cc1. The molecule has 18 heavy (non-hydrogen) atoms. The maximum Gasteiger partial charge on any atom is 0.238 e. The topological polar surface area (TPSA) is 81.4 Å². The molecule has 0 heterocycles. The molecule has 0 radical (unpaired) electrons. The van der Waals surface area contributed by atoms with Gasteiger partial charge in [-0.25, -0.2) is 13.6 Å². The third kappa shape index (κ3) is 5.31. The van der Waals surface area contributed by atoms with E-state index in [-0.39, 0.29) is 4.90 Å². The van der Waals surface area contributed by atoms with E-state index in [1.165, 1.54) is 12.1 Å². The van der Waals surface area contributed by atoms with Crippen molar-refractivity contribution in [2.24, 2.45) is 5.14 Å². The standard InChI is InChI=1S/C12H18N2O3S/c1-2-3-9-17-10-8-14-11-4-6-12(7-5-11)18(13,15)16/h2,4-7,14H,1,3,8-10H2,(H2,13,15,16). The largest absolute Gasteiger partial charge is 0.383 e. The lowest BCUT2D eigenvalue weighted by molar-refractivity contribution is 0.149. The Labute approximate surface area is 108 Å². The molecular formula is C12H18N2O3S. The molecule has 0 atom stereocenters. The Morgan fingerprint density at radius 1 is 1.28 bits per heavy atom. The van der Waals surface area contributed by atoms with Gasteiger partial charge in [0.2, 0.25) is 10.0 Å². The van der Waals surface area contributed by atoms with Crippen LogP contribution in [-0.4, -0.2) is 28.2 Å². The maximum atomic E-state index is 11.0. The van der Waals surface area contributed by atoms with E-state index in [0.29, 0.717) is 19.8 Å². The van der Waals surface area contributed by atoms with Crippen LogP contribution in [0.2, 0.25) is 0 Å². The number of ether oxygens (including phenoxy) is 1. The molecule has 0 aliphatic heterocycles. The molecule has 100 valence electrons. The van der Waals surface area contributed by atoms with Gasteiger partial charge in [0.05, 0.1) is 18.1 Å². The van der Waals surface area contributed by atoms with Gasteiger partial charge in [-0.15, -0.1) is 6.58 Å². The van der Waals surface area contributed by atoms with Crippen LogP contribution in [0.3, 0.4) is 0 Å². The van der Waals surface area contributed by atoms with E-state index in [1.807, 2.05) is 0 Å². The highest BCUT2D eigenvalue weighted by atomic mass is 32.2. The van der Waals surface area contributed by atoms with Gasteiger partial charge in [-0.05, 0) is 30.7 Å². The molecule has 1 aromatic rings. The first-order chi connectivity index (χ1) is 8.54. The lowest BCUT2D eigenvalue weighted by Crippen LogP contribution is -2.12. The van der Waals surface area contributed by atoms with Crippen molar-refractivity contribution in [3.05, 3.63) is 36.9 Å². The fourth-order valence-corrected chi connectivity index (χ4v) is 1.81. The van der Waals surface area contributed by atoms with Crippen LogP contribution >= 0.6 is 0 Å². The molecule has 1 aromatic carbocycles. The van der Waals surface area contributed by atoms with Crippen LogP contribution in [0.15, 0.2) is 41.8 Å². The van der Waals surface area contributed by atoms with Crippen LogP contribution in [0.4, 0.5) is 5.69 Å². The molecule has 0 aromatic heterocycles. The Balaban J connectivity index is 2.34. The zero-order valence-electron chi connectivity index (χ0n) is 10.1. The first kappa shape index (κ1) is 14.7. The fraction of sp³-hybridized carbons (Fsp3) is 0.333. The number of primary sulfonamides is 1. The number of rotatable bonds is 8. The van der Waals surface area contributed by atoms with Crippen LogP contribution in [0.1, 0.15) is 6.42 Å². The second-order valence-electron chi connectivity index (χ2n) is 3.69. The van der Waals surface area contributed by atoms with Gasteiger partial charge < -0.3 is 10.1 Å². The number of hydrogen-bond donors (Lipinski definition) is 2. The molecular weight excluding hydrogens is 252 g/mol. The zero-order valence-corrected chi connectivity index (χ0v) is 10.9. The van der Waals surface area contributed by atoms with Crippen molar-refractivity contribution in [3.63, 3.8) is 0 Å². The molecule has 5 nitrogen and oxygen atoms in total. The van der Waals surface area contributed by atoms with E-state index >= 15 is 0 Å². The molecule has 0 bridgehead atoms. The Morgan fingerprint density at radius 3 is 2.50 bits per heavy atom. The minimum absolute atomic E-state index is 0.107. The molecule has 0 amide bonds. The summed E-state index contributed by atoms with van der Waals surface area (Å²) in [4.78, 5) is 0.107. The normalized spacial score (nSPS) is 11.2. The van der Waals surface area contributed by atoms with Crippen LogP contribution in [0.25, 0.3) is 0 Å². The Hall–Kier alpha value is -1.37. The summed E-state index contributed by atoms with van der Waals surface area (Å²) < 4.78 is 27.4. The molecule has 0 saturated heterocycles. The second-order valence-corrected chi connectivity index (χ2v) is 5.25. The molecule has 0 spiro atoms. The smallest absolute Gasteiger partial charge is 0.238 e. The van der Waals surface area contributed by atoms with Crippen molar-refractivity contribution in [2.45, 2.75) is 11.3 Å². The van der Waals surface area contributed by atoms with Crippen molar-refractivity contribution in [3.8, 4) is 0 Å². The number of benzene rings is 1. The molecule has 0 saturated carbocycles. The molecule has 0 aliphatic carbocycles. The third-order valence-corrected chi connectivity index (χ3v) is 3.15. The number of nitrogens with one attached hydrogen (secondary N) is 1. The Bertz CT molecular complexity index is 469. The van der Waals surface area contributed by atoms with E-state index in [4.69, 9.17) is 9.88 Å². The average Bonchev–Trinajstić information content (AvgIpc) is 2.33. The van der Waals surface area contributed by atoms with Crippen LogP contribution in [0, 0.1) is 0 Å². The van der Waals surface area contributed by atoms with Gasteiger partial charge in [0.1, 0.15) is 0 Å². The molecule has 0 fully saturated rings. The van der Waals surface area contributed by atoms with Gasteiger partial charge in [-0.1, -0.05) is 6.08 Å². The van der Waals surface area contributed by atoms with Crippen LogP contribution in [0.5, 0.6) is 0 Å². The lowest BCUT2D eigenvalue weighted by atomic mass is 10.3. The molecule has 0 unspecified atom stereocenters. The van der Waals surface area contributed by atoms with E-state index < -0.39 is 10.0 Å². The Morgan fingerprint density at radius 2 is 1.94 bits per heavy atom. The lowest BCUT2D eigenvalue weighted by Gasteiger charge is -2.07. The van der Waals surface area contributed by atoms with Crippen molar-refractivity contribution in [1.82, 2.24) is 0 Å². The molecule has 6 heteroatoms. The predicted octanol–water partition coefficient (Wildman–Crippen LogP) is 1.34. The summed E-state index contributed by atoms with van der Waals surface area (Å²) in [5, 5.41) is 8.11. The summed E-state index contributed by atoms with van der Waals surface area (Å²) in [5.41, 5.74) is 0.828. The minimum atomic E-state index is -3.62. The van der Waals surface area contributed by atoms with Gasteiger partial charge in [0, 0.05) is 12.2 Å². The first-order valence-electron chi connectivity index (χ1n) is 5.59. The molecule has 0 aliphatic rings. The predicted molar refractivity (Wildman–Crippen MR) is 71.9 cm³/mol. The highest BCUT2D eigenvalue weighted by Gasteiger charge is 2.06. The Kier molecular flexibility index (Phi) is 5.84. The van der Waals surface area contributed by atoms with Crippen LogP contribution < -0.4 is 10.5 Å². The van der Waals surface area contributed by atoms with Crippen LogP contribution in [-0.2, 0) is 14.8 Å². The summed E-state index contributed by atoms with van der Waals surface area (Å²) >= 11 is 0. The fourth-order valence-electron chi connectivity index (χ4n) is 1.30. The second kappa shape index (κ2) is 7.15. The monoisotopic (exact) mass is 270 g/mol. The first-order valence-corrected chi connectivity index (χ1v) is 7.14. The van der Waals surface area contributed by atoms with E-state index in [9.17, 15) is 8.42 Å². The van der Waals surface area contributed by atoms with Crippen molar-refractivity contribution in [1.29, 1.82) is 0 Å². The summed E-state index contributed by atoms with van der Waals surface area (Å²) in [7, 11) is -3.62. The third-order valence-electron chi connectivity index (χ3n) is 2.22. The summed E-state index contributed by atoms with van der Waals surface area (Å²) in [5.74, 6) is 0. The summed E-state index contributed by atoms with van der Waals surface area (Å²) in [6, 6.07) is 6.28. The van der Waals surface area contributed by atoms with E-state index in [2.05, 4.69) is 11.9 Å². The van der Waals surface area contributed by atoms with Gasteiger partial charge >= 0.3 is 0 Å². The van der Waals surface area contributed by atoms with Gasteiger partial charge in [0.25, 0.3) is 0 Å².